The van der Waals surface area contributed by atoms with Gasteiger partial charge in [0.25, 0.3) is 0 Å². The number of rotatable bonds is 4. The molecule has 5 rings (SSSR count). The predicted molar refractivity (Wildman–Crippen MR) is 126 cm³/mol. The predicted octanol–water partition coefficient (Wildman–Crippen LogP) is 3.44. The number of aryl methyl sites for hydroxylation is 2. The van der Waals surface area contributed by atoms with Gasteiger partial charge in [-0.2, -0.15) is 5.10 Å². The summed E-state index contributed by atoms with van der Waals surface area (Å²) in [6.07, 6.45) is 7.61. The quantitative estimate of drug-likeness (QED) is 0.656. The number of piperidine rings is 1. The molecule has 3 N–H and O–H groups in total. The molecule has 2 aliphatic rings. The van der Waals surface area contributed by atoms with Crippen LogP contribution in [0, 0.1) is 12.3 Å². The fourth-order valence-electron chi connectivity index (χ4n) is 5.61. The van der Waals surface area contributed by atoms with E-state index in [-0.39, 0.29) is 6.61 Å². The van der Waals surface area contributed by atoms with Gasteiger partial charge in [0.05, 0.1) is 23.7 Å². The number of benzene rings is 1. The molecule has 168 valence electrons. The van der Waals surface area contributed by atoms with E-state index in [9.17, 15) is 5.11 Å². The third kappa shape index (κ3) is 3.59. The van der Waals surface area contributed by atoms with Crippen molar-refractivity contribution < 1.29 is 5.11 Å². The number of aliphatic hydroxyl groups is 1. The molecular weight excluding hydrogens is 400 g/mol. The highest BCUT2D eigenvalue weighted by atomic mass is 16.3. The second kappa shape index (κ2) is 8.30. The third-order valence-electron chi connectivity index (χ3n) is 7.56. The monoisotopic (exact) mass is 432 g/mol. The topological polar surface area (TPSA) is 93.1 Å². The molecule has 1 aliphatic carbocycles. The number of nitrogens with two attached hydrogens (primary N) is 1. The standard InChI is InChI=1S/C25H32N6O/c1-17-23(19-6-3-5-18(15-19)21-8-12-27-30(21)2)29-20(16-32)24(28-17)31-13-10-25(11-14-31)9-4-7-22(25)26/h3,5-6,8,12,15,22,32H,4,7,9-11,13-14,16,26H2,1-2H3/t22-/m1/s1. The van der Waals surface area contributed by atoms with Gasteiger partial charge >= 0.3 is 0 Å². The zero-order chi connectivity index (χ0) is 22.3. The smallest absolute Gasteiger partial charge is 0.153 e. The molecule has 7 nitrogen and oxygen atoms in total. The maximum Gasteiger partial charge on any atom is 0.153 e. The van der Waals surface area contributed by atoms with Gasteiger partial charge in [0.2, 0.25) is 0 Å². The fourth-order valence-corrected chi connectivity index (χ4v) is 5.61. The highest BCUT2D eigenvalue weighted by Gasteiger charge is 2.43. The molecule has 1 saturated heterocycles. The molecular formula is C25H32N6O. The van der Waals surface area contributed by atoms with Crippen LogP contribution in [0.4, 0.5) is 5.82 Å². The van der Waals surface area contributed by atoms with Crippen molar-refractivity contribution in [2.45, 2.75) is 51.7 Å². The van der Waals surface area contributed by atoms with Crippen LogP contribution in [-0.2, 0) is 13.7 Å². The van der Waals surface area contributed by atoms with Crippen LogP contribution < -0.4 is 10.6 Å². The molecule has 1 atom stereocenters. The molecule has 1 aliphatic heterocycles. The van der Waals surface area contributed by atoms with Crippen LogP contribution in [0.2, 0.25) is 0 Å². The van der Waals surface area contributed by atoms with Crippen molar-refractivity contribution in [2.75, 3.05) is 18.0 Å². The van der Waals surface area contributed by atoms with E-state index in [4.69, 9.17) is 15.7 Å². The normalized spacial score (nSPS) is 20.2. The van der Waals surface area contributed by atoms with Gasteiger partial charge in [0.1, 0.15) is 5.69 Å². The lowest BCUT2D eigenvalue weighted by Gasteiger charge is -2.42. The number of nitrogens with zero attached hydrogens (tertiary/aromatic N) is 5. The second-order valence-corrected chi connectivity index (χ2v) is 9.36. The molecule has 3 heterocycles. The van der Waals surface area contributed by atoms with Crippen LogP contribution in [0.25, 0.3) is 22.5 Å². The lowest BCUT2D eigenvalue weighted by atomic mass is 9.74. The molecule has 3 aromatic rings. The van der Waals surface area contributed by atoms with Gasteiger partial charge < -0.3 is 15.7 Å². The highest BCUT2D eigenvalue weighted by Crippen LogP contribution is 2.46. The summed E-state index contributed by atoms with van der Waals surface area (Å²) in [6, 6.07) is 10.6. The van der Waals surface area contributed by atoms with Gasteiger partial charge in [0.15, 0.2) is 5.82 Å². The first kappa shape index (κ1) is 21.1. The van der Waals surface area contributed by atoms with Crippen molar-refractivity contribution in [2.24, 2.45) is 18.2 Å². The molecule has 0 radical (unpaired) electrons. The summed E-state index contributed by atoms with van der Waals surface area (Å²) in [5, 5.41) is 14.4. The fraction of sp³-hybridized carbons (Fsp3) is 0.480. The summed E-state index contributed by atoms with van der Waals surface area (Å²) < 4.78 is 1.86. The minimum absolute atomic E-state index is 0.127. The largest absolute Gasteiger partial charge is 0.390 e. The number of anilines is 1. The summed E-state index contributed by atoms with van der Waals surface area (Å²) in [7, 11) is 1.94. The number of hydrogen-bond donors (Lipinski definition) is 2. The summed E-state index contributed by atoms with van der Waals surface area (Å²) in [5.74, 6) is 0.818. The molecule has 0 amide bonds. The Morgan fingerprint density at radius 1 is 1.12 bits per heavy atom. The van der Waals surface area contributed by atoms with Crippen LogP contribution in [0.15, 0.2) is 36.5 Å². The summed E-state index contributed by atoms with van der Waals surface area (Å²) in [5.41, 5.74) is 12.2. The number of aliphatic hydroxyl groups excluding tert-OH is 1. The second-order valence-electron chi connectivity index (χ2n) is 9.36. The van der Waals surface area contributed by atoms with E-state index < -0.39 is 0 Å². The van der Waals surface area contributed by atoms with E-state index in [1.54, 1.807) is 6.20 Å². The first-order valence-electron chi connectivity index (χ1n) is 11.6. The summed E-state index contributed by atoms with van der Waals surface area (Å²) in [6.45, 7) is 3.72. The van der Waals surface area contributed by atoms with Gasteiger partial charge in [-0.3, -0.25) is 4.68 Å². The van der Waals surface area contributed by atoms with Crippen molar-refractivity contribution >= 4 is 5.82 Å². The molecule has 1 spiro atoms. The van der Waals surface area contributed by atoms with Crippen molar-refractivity contribution in [3.63, 3.8) is 0 Å². The van der Waals surface area contributed by atoms with Gasteiger partial charge in [-0.15, -0.1) is 0 Å². The molecule has 0 bridgehead atoms. The number of aromatic nitrogens is 4. The lowest BCUT2D eigenvalue weighted by molar-refractivity contribution is 0.196. The molecule has 1 saturated carbocycles. The van der Waals surface area contributed by atoms with E-state index in [2.05, 4.69) is 22.1 Å². The first-order chi connectivity index (χ1) is 15.5. The maximum atomic E-state index is 10.1. The van der Waals surface area contributed by atoms with E-state index in [1.165, 1.54) is 12.8 Å². The minimum Gasteiger partial charge on any atom is -0.390 e. The van der Waals surface area contributed by atoms with Crippen molar-refractivity contribution in [1.29, 1.82) is 0 Å². The molecule has 32 heavy (non-hydrogen) atoms. The van der Waals surface area contributed by atoms with E-state index in [0.29, 0.717) is 17.2 Å². The third-order valence-corrected chi connectivity index (χ3v) is 7.56. The zero-order valence-electron chi connectivity index (χ0n) is 19.0. The molecule has 7 heteroatoms. The Kier molecular flexibility index (Phi) is 5.47. The molecule has 1 aromatic carbocycles. The average Bonchev–Trinajstić information content (AvgIpc) is 3.40. The van der Waals surface area contributed by atoms with E-state index in [0.717, 1.165) is 66.4 Å². The average molecular weight is 433 g/mol. The lowest BCUT2D eigenvalue weighted by Crippen LogP contribution is -2.47. The van der Waals surface area contributed by atoms with Gasteiger partial charge in [-0.05, 0) is 50.2 Å². The highest BCUT2D eigenvalue weighted by molar-refractivity contribution is 5.71. The Hall–Kier alpha value is -2.77. The van der Waals surface area contributed by atoms with E-state index in [1.807, 2.05) is 36.9 Å². The summed E-state index contributed by atoms with van der Waals surface area (Å²) >= 11 is 0. The maximum absolute atomic E-state index is 10.1. The van der Waals surface area contributed by atoms with Crippen molar-refractivity contribution in [3.05, 3.63) is 47.9 Å². The Labute approximate surface area is 189 Å². The van der Waals surface area contributed by atoms with Crippen molar-refractivity contribution in [1.82, 2.24) is 19.7 Å². The van der Waals surface area contributed by atoms with Gasteiger partial charge in [-0.25, -0.2) is 9.97 Å². The van der Waals surface area contributed by atoms with Crippen molar-refractivity contribution in [3.8, 4) is 22.5 Å². The van der Waals surface area contributed by atoms with E-state index >= 15 is 0 Å². The van der Waals surface area contributed by atoms with Crippen LogP contribution in [0.3, 0.4) is 0 Å². The Bertz CT molecular complexity index is 1120. The Morgan fingerprint density at radius 2 is 1.91 bits per heavy atom. The van der Waals surface area contributed by atoms with Crippen LogP contribution in [0.1, 0.15) is 43.5 Å². The molecule has 2 fully saturated rings. The number of hydrogen-bond acceptors (Lipinski definition) is 6. The summed E-state index contributed by atoms with van der Waals surface area (Å²) in [4.78, 5) is 12.1. The zero-order valence-corrected chi connectivity index (χ0v) is 19.0. The Morgan fingerprint density at radius 3 is 2.56 bits per heavy atom. The van der Waals surface area contributed by atoms with Gasteiger partial charge in [0, 0.05) is 43.5 Å². The van der Waals surface area contributed by atoms with Gasteiger partial charge in [-0.1, -0.05) is 24.6 Å². The van der Waals surface area contributed by atoms with Crippen LogP contribution >= 0.6 is 0 Å². The molecule has 2 aromatic heterocycles. The minimum atomic E-state index is -0.127. The Balaban J connectivity index is 1.44. The SMILES string of the molecule is Cc1nc(N2CCC3(CCC[C@H]3N)CC2)c(CO)nc1-c1cccc(-c2ccnn2C)c1. The first-order valence-corrected chi connectivity index (χ1v) is 11.6. The van der Waals surface area contributed by atoms with Crippen LogP contribution in [0.5, 0.6) is 0 Å². The molecule has 0 unspecified atom stereocenters. The van der Waals surface area contributed by atoms with Crippen LogP contribution in [-0.4, -0.2) is 44.0 Å².